The van der Waals surface area contributed by atoms with Gasteiger partial charge in [-0.05, 0) is 79.1 Å². The van der Waals surface area contributed by atoms with Crippen LogP contribution in [0.2, 0.25) is 0 Å². The maximum absolute atomic E-state index is 3.81. The largest absolute Gasteiger partial charge is 0.0654 e. The van der Waals surface area contributed by atoms with E-state index in [4.69, 9.17) is 0 Å². The van der Waals surface area contributed by atoms with E-state index < -0.39 is 0 Å². The highest BCUT2D eigenvalue weighted by Crippen LogP contribution is 2.36. The van der Waals surface area contributed by atoms with E-state index in [9.17, 15) is 0 Å². The number of fused-ring (bicyclic) bond motifs is 2. The van der Waals surface area contributed by atoms with E-state index in [1.54, 1.807) is 0 Å². The smallest absolute Gasteiger partial charge is 0.0406 e. The molecule has 0 aliphatic carbocycles. The normalized spacial score (nSPS) is 10.9. The maximum Gasteiger partial charge on any atom is 0.0406 e. The zero-order valence-corrected chi connectivity index (χ0v) is 21.0. The van der Waals surface area contributed by atoms with E-state index in [-0.39, 0.29) is 0 Å². The minimum atomic E-state index is 1.02. The lowest BCUT2D eigenvalue weighted by Crippen LogP contribution is -1.87. The van der Waals surface area contributed by atoms with Gasteiger partial charge < -0.3 is 0 Å². The predicted octanol–water partition coefficient (Wildman–Crippen LogP) is 9.55. The number of unbranched alkanes of at least 4 members (excludes halogenated alkanes) is 2. The van der Waals surface area contributed by atoms with E-state index >= 15 is 0 Å². The maximum atomic E-state index is 3.81. The van der Waals surface area contributed by atoms with Gasteiger partial charge >= 0.3 is 0 Å². The van der Waals surface area contributed by atoms with E-state index in [2.05, 4.69) is 132 Å². The minimum absolute atomic E-state index is 1.02. The molecule has 34 heavy (non-hydrogen) atoms. The Morgan fingerprint density at radius 2 is 1.12 bits per heavy atom. The summed E-state index contributed by atoms with van der Waals surface area (Å²) in [4.78, 5) is 0. The molecule has 0 amide bonds. The molecule has 166 valence electrons. The molecule has 5 aromatic carbocycles. The van der Waals surface area contributed by atoms with Crippen LogP contribution in [0.3, 0.4) is 0 Å². The summed E-state index contributed by atoms with van der Waals surface area (Å²) in [7, 11) is 0. The van der Waals surface area contributed by atoms with Gasteiger partial charge in [0.1, 0.15) is 0 Å². The zero-order chi connectivity index (χ0) is 23.3. The van der Waals surface area contributed by atoms with Crippen molar-refractivity contribution in [2.45, 2.75) is 32.6 Å². The van der Waals surface area contributed by atoms with Crippen molar-refractivity contribution in [2.24, 2.45) is 0 Å². The van der Waals surface area contributed by atoms with Gasteiger partial charge in [-0.15, -0.1) is 0 Å². The lowest BCUT2D eigenvalue weighted by Gasteiger charge is -2.10. The fraction of sp³-hybridized carbons (Fsp3) is 0.152. The van der Waals surface area contributed by atoms with E-state index in [1.807, 2.05) is 0 Å². The van der Waals surface area contributed by atoms with E-state index in [1.165, 1.54) is 63.9 Å². The number of halogens is 1. The molecule has 0 N–H and O–H groups in total. The Balaban J connectivity index is 1.44. The van der Waals surface area contributed by atoms with Crippen molar-refractivity contribution >= 4 is 37.5 Å². The lowest BCUT2D eigenvalue weighted by molar-refractivity contribution is 0.717. The Bertz CT molecular complexity index is 1440. The second-order valence-corrected chi connectivity index (χ2v) is 9.55. The summed E-state index contributed by atoms with van der Waals surface area (Å²) < 4.78 is 1.13. The quantitative estimate of drug-likeness (QED) is 0.127. The summed E-state index contributed by atoms with van der Waals surface area (Å²) in [5, 5.41) is 4.74. The molecule has 1 heteroatoms. The molecule has 0 spiro atoms. The van der Waals surface area contributed by atoms with Crippen molar-refractivity contribution < 1.29 is 0 Å². The molecule has 0 aliphatic rings. The van der Waals surface area contributed by atoms with Crippen molar-refractivity contribution in [1.82, 2.24) is 0 Å². The third-order valence-corrected chi connectivity index (χ3v) is 7.29. The summed E-state index contributed by atoms with van der Waals surface area (Å²) in [6.45, 7) is 2.25. The molecule has 0 aliphatic heterocycles. The van der Waals surface area contributed by atoms with Gasteiger partial charge in [0.25, 0.3) is 0 Å². The molecule has 0 nitrogen and oxygen atoms in total. The molecule has 0 saturated heterocycles. The SMILES string of the molecule is CCCCCc1ccc(-c2ccc(C#Cc3c4ccccc4c(Br)c4ccccc34)cc2)cc1. The van der Waals surface area contributed by atoms with Gasteiger partial charge in [-0.25, -0.2) is 0 Å². The standard InChI is InChI=1S/C33H27Br/c1-2-3-4-9-24-14-19-26(20-15-24)27-21-16-25(17-22-27)18-23-30-28-10-5-7-12-31(28)33(34)32-13-8-6-11-29(30)32/h5-8,10-17,19-22H,2-4,9H2,1H3. The molecule has 5 rings (SSSR count). The zero-order valence-electron chi connectivity index (χ0n) is 19.4. The van der Waals surface area contributed by atoms with E-state index in [0.29, 0.717) is 0 Å². The monoisotopic (exact) mass is 502 g/mol. The van der Waals surface area contributed by atoms with Crippen LogP contribution in [0.4, 0.5) is 0 Å². The van der Waals surface area contributed by atoms with Crippen LogP contribution in [-0.2, 0) is 6.42 Å². The second kappa shape index (κ2) is 10.3. The Kier molecular flexibility index (Phi) is 6.79. The molecule has 0 radical (unpaired) electrons. The second-order valence-electron chi connectivity index (χ2n) is 8.76. The van der Waals surface area contributed by atoms with Gasteiger partial charge in [-0.1, -0.05) is 117 Å². The van der Waals surface area contributed by atoms with Crippen LogP contribution in [-0.4, -0.2) is 0 Å². The van der Waals surface area contributed by atoms with E-state index in [0.717, 1.165) is 15.6 Å². The van der Waals surface area contributed by atoms with Crippen molar-refractivity contribution in [3.05, 3.63) is 118 Å². The molecule has 0 fully saturated rings. The average Bonchev–Trinajstić information content (AvgIpc) is 2.90. The molecular weight excluding hydrogens is 476 g/mol. The minimum Gasteiger partial charge on any atom is -0.0654 e. The van der Waals surface area contributed by atoms with Crippen LogP contribution in [0.1, 0.15) is 42.9 Å². The molecular formula is C33H27Br. The fourth-order valence-electron chi connectivity index (χ4n) is 4.53. The summed E-state index contributed by atoms with van der Waals surface area (Å²) in [5.74, 6) is 6.91. The van der Waals surface area contributed by atoms with Gasteiger partial charge in [0, 0.05) is 15.6 Å². The average molecular weight is 503 g/mol. The number of benzene rings is 5. The van der Waals surface area contributed by atoms with Crippen molar-refractivity contribution in [2.75, 3.05) is 0 Å². The highest BCUT2D eigenvalue weighted by Gasteiger charge is 2.10. The van der Waals surface area contributed by atoms with Crippen molar-refractivity contribution in [3.8, 4) is 23.0 Å². The van der Waals surface area contributed by atoms with Gasteiger partial charge in [0.15, 0.2) is 0 Å². The van der Waals surface area contributed by atoms with Crippen LogP contribution >= 0.6 is 15.9 Å². The molecule has 0 atom stereocenters. The van der Waals surface area contributed by atoms with Crippen LogP contribution in [0.15, 0.2) is 102 Å². The first-order valence-corrected chi connectivity index (χ1v) is 12.8. The summed E-state index contributed by atoms with van der Waals surface area (Å²) in [6.07, 6.45) is 5.01. The molecule has 0 heterocycles. The first-order valence-electron chi connectivity index (χ1n) is 12.0. The summed E-state index contributed by atoms with van der Waals surface area (Å²) >= 11 is 3.81. The van der Waals surface area contributed by atoms with Gasteiger partial charge in [-0.2, -0.15) is 0 Å². The molecule has 0 unspecified atom stereocenters. The summed E-state index contributed by atoms with van der Waals surface area (Å²) in [6, 6.07) is 34.6. The Hall–Kier alpha value is -3.34. The Labute approximate surface area is 210 Å². The Morgan fingerprint density at radius 3 is 1.68 bits per heavy atom. The Morgan fingerprint density at radius 1 is 0.588 bits per heavy atom. The van der Waals surface area contributed by atoms with Crippen LogP contribution in [0, 0.1) is 11.8 Å². The number of hydrogen-bond donors (Lipinski definition) is 0. The number of aryl methyl sites for hydroxylation is 1. The topological polar surface area (TPSA) is 0 Å². The molecule has 5 aromatic rings. The predicted molar refractivity (Wildman–Crippen MR) is 150 cm³/mol. The highest BCUT2D eigenvalue weighted by atomic mass is 79.9. The fourth-order valence-corrected chi connectivity index (χ4v) is 5.23. The third kappa shape index (κ3) is 4.65. The van der Waals surface area contributed by atoms with Crippen LogP contribution in [0.25, 0.3) is 32.7 Å². The number of rotatable bonds is 5. The molecule has 0 bridgehead atoms. The first-order chi connectivity index (χ1) is 16.7. The summed E-state index contributed by atoms with van der Waals surface area (Å²) in [5.41, 5.74) is 6.01. The van der Waals surface area contributed by atoms with Gasteiger partial charge in [0.2, 0.25) is 0 Å². The van der Waals surface area contributed by atoms with Gasteiger partial charge in [0.05, 0.1) is 0 Å². The molecule has 0 saturated carbocycles. The first kappa shape index (κ1) is 22.5. The van der Waals surface area contributed by atoms with Gasteiger partial charge in [-0.3, -0.25) is 0 Å². The van der Waals surface area contributed by atoms with Crippen LogP contribution in [0.5, 0.6) is 0 Å². The van der Waals surface area contributed by atoms with Crippen molar-refractivity contribution in [3.63, 3.8) is 0 Å². The highest BCUT2D eigenvalue weighted by molar-refractivity contribution is 9.10. The lowest BCUT2D eigenvalue weighted by atomic mass is 9.96. The molecule has 0 aromatic heterocycles. The third-order valence-electron chi connectivity index (χ3n) is 6.44. The van der Waals surface area contributed by atoms with Crippen LogP contribution < -0.4 is 0 Å². The van der Waals surface area contributed by atoms with Crippen molar-refractivity contribution in [1.29, 1.82) is 0 Å². The number of hydrogen-bond acceptors (Lipinski definition) is 0.